The normalized spacial score (nSPS) is 13.6. The van der Waals surface area contributed by atoms with Gasteiger partial charge in [-0.3, -0.25) is 4.90 Å². The summed E-state index contributed by atoms with van der Waals surface area (Å²) in [6, 6.07) is 4.11. The van der Waals surface area contributed by atoms with Crippen LogP contribution in [0.1, 0.15) is 25.0 Å². The molecule has 1 aliphatic rings. The van der Waals surface area contributed by atoms with E-state index < -0.39 is 0 Å². The highest BCUT2D eigenvalue weighted by molar-refractivity contribution is 5.95. The first-order valence-electron chi connectivity index (χ1n) is 6.53. The van der Waals surface area contributed by atoms with Gasteiger partial charge in [-0.2, -0.15) is 0 Å². The van der Waals surface area contributed by atoms with Crippen LogP contribution in [0.5, 0.6) is 0 Å². The average Bonchev–Trinajstić information content (AvgIpc) is 2.74. The van der Waals surface area contributed by atoms with Gasteiger partial charge < -0.3 is 10.6 Å². The summed E-state index contributed by atoms with van der Waals surface area (Å²) >= 11 is 0. The van der Waals surface area contributed by atoms with Gasteiger partial charge in [0.05, 0.1) is 5.69 Å². The molecule has 18 heavy (non-hydrogen) atoms. The van der Waals surface area contributed by atoms with Gasteiger partial charge in [-0.25, -0.2) is 4.79 Å². The third kappa shape index (κ3) is 2.03. The number of rotatable bonds is 2. The topological polar surface area (TPSA) is 49.6 Å². The number of amides is 2. The molecule has 0 atom stereocenters. The first kappa shape index (κ1) is 12.7. The summed E-state index contributed by atoms with van der Waals surface area (Å²) in [4.78, 5) is 16.1. The fraction of sp³-hybridized carbons (Fsp3) is 0.500. The molecule has 0 unspecified atom stereocenters. The summed E-state index contributed by atoms with van der Waals surface area (Å²) in [6.07, 6.45) is 0.920. The monoisotopic (exact) mass is 247 g/mol. The minimum atomic E-state index is 0.0852. The number of carbonyl (C=O) groups excluding carboxylic acids is 1. The van der Waals surface area contributed by atoms with Crippen LogP contribution < -0.4 is 10.6 Å². The van der Waals surface area contributed by atoms with E-state index in [1.165, 1.54) is 5.56 Å². The fourth-order valence-electron chi connectivity index (χ4n) is 2.44. The average molecular weight is 247 g/mol. The predicted molar refractivity (Wildman–Crippen MR) is 75.0 cm³/mol. The van der Waals surface area contributed by atoms with Crippen molar-refractivity contribution < 1.29 is 4.79 Å². The van der Waals surface area contributed by atoms with Crippen molar-refractivity contribution in [2.75, 3.05) is 30.3 Å². The number of fused-ring (bicyclic) bond motifs is 1. The highest BCUT2D eigenvalue weighted by atomic mass is 16.2. The van der Waals surface area contributed by atoms with Crippen molar-refractivity contribution in [2.45, 2.75) is 27.2 Å². The van der Waals surface area contributed by atoms with Gasteiger partial charge in [-0.15, -0.1) is 0 Å². The minimum Gasteiger partial charge on any atom is -0.398 e. The van der Waals surface area contributed by atoms with Crippen LogP contribution in [0.2, 0.25) is 0 Å². The van der Waals surface area contributed by atoms with Crippen molar-refractivity contribution in [3.8, 4) is 0 Å². The standard InChI is InChI=1S/C14H21N3O/c1-4-16(5-2)14(18)17-7-6-11-8-10(3)12(15)9-13(11)17/h8-9H,4-7,15H2,1-3H3. The lowest BCUT2D eigenvalue weighted by Gasteiger charge is -2.26. The second-order valence-electron chi connectivity index (χ2n) is 4.69. The molecule has 1 aliphatic heterocycles. The molecular weight excluding hydrogens is 226 g/mol. The van der Waals surface area contributed by atoms with Crippen LogP contribution in [0.4, 0.5) is 16.2 Å². The molecule has 0 bridgehead atoms. The van der Waals surface area contributed by atoms with Crippen LogP contribution >= 0.6 is 0 Å². The highest BCUT2D eigenvalue weighted by Gasteiger charge is 2.27. The minimum absolute atomic E-state index is 0.0852. The van der Waals surface area contributed by atoms with Gasteiger partial charge in [0.15, 0.2) is 0 Å². The molecule has 0 saturated carbocycles. The second-order valence-corrected chi connectivity index (χ2v) is 4.69. The molecular formula is C14H21N3O. The maximum atomic E-state index is 12.4. The summed E-state index contributed by atoms with van der Waals surface area (Å²) < 4.78 is 0. The van der Waals surface area contributed by atoms with Crippen molar-refractivity contribution in [3.63, 3.8) is 0 Å². The SMILES string of the molecule is CCN(CC)C(=O)N1CCc2cc(C)c(N)cc21. The highest BCUT2D eigenvalue weighted by Crippen LogP contribution is 2.32. The first-order valence-corrected chi connectivity index (χ1v) is 6.53. The van der Waals surface area contributed by atoms with Gasteiger partial charge in [-0.1, -0.05) is 6.07 Å². The molecule has 2 amide bonds. The number of hydrogen-bond donors (Lipinski definition) is 1. The zero-order chi connectivity index (χ0) is 13.3. The Hall–Kier alpha value is -1.71. The third-order valence-electron chi connectivity index (χ3n) is 3.63. The van der Waals surface area contributed by atoms with E-state index in [9.17, 15) is 4.79 Å². The molecule has 0 saturated heterocycles. The Bertz CT molecular complexity index is 466. The lowest BCUT2D eigenvalue weighted by Crippen LogP contribution is -2.42. The number of benzene rings is 1. The molecule has 0 spiro atoms. The van der Waals surface area contributed by atoms with E-state index >= 15 is 0 Å². The molecule has 98 valence electrons. The van der Waals surface area contributed by atoms with Gasteiger partial charge in [0.2, 0.25) is 0 Å². The summed E-state index contributed by atoms with van der Waals surface area (Å²) in [5, 5.41) is 0. The Balaban J connectivity index is 2.31. The number of aryl methyl sites for hydroxylation is 1. The molecule has 4 heteroatoms. The molecule has 4 nitrogen and oxygen atoms in total. The van der Waals surface area contributed by atoms with Gasteiger partial charge in [-0.05, 0) is 44.4 Å². The van der Waals surface area contributed by atoms with E-state index in [0.717, 1.165) is 43.0 Å². The van der Waals surface area contributed by atoms with Crippen molar-refractivity contribution in [2.24, 2.45) is 0 Å². The Morgan fingerprint density at radius 2 is 2.06 bits per heavy atom. The molecule has 1 aromatic carbocycles. The van der Waals surface area contributed by atoms with Gasteiger partial charge >= 0.3 is 6.03 Å². The van der Waals surface area contributed by atoms with Crippen molar-refractivity contribution in [3.05, 3.63) is 23.3 Å². The van der Waals surface area contributed by atoms with Crippen LogP contribution in [-0.4, -0.2) is 30.6 Å². The molecule has 0 aromatic heterocycles. The lowest BCUT2D eigenvalue weighted by molar-refractivity contribution is 0.210. The third-order valence-corrected chi connectivity index (χ3v) is 3.63. The molecule has 1 heterocycles. The fourth-order valence-corrected chi connectivity index (χ4v) is 2.44. The quantitative estimate of drug-likeness (QED) is 0.816. The van der Waals surface area contributed by atoms with E-state index in [4.69, 9.17) is 5.73 Å². The van der Waals surface area contributed by atoms with Crippen LogP contribution in [0.15, 0.2) is 12.1 Å². The predicted octanol–water partition coefficient (Wildman–Crippen LogP) is 2.40. The van der Waals surface area contributed by atoms with Gasteiger partial charge in [0.1, 0.15) is 0 Å². The first-order chi connectivity index (χ1) is 8.58. The van der Waals surface area contributed by atoms with Crippen molar-refractivity contribution in [1.82, 2.24) is 4.90 Å². The van der Waals surface area contributed by atoms with Crippen LogP contribution in [0.3, 0.4) is 0 Å². The van der Waals surface area contributed by atoms with E-state index in [2.05, 4.69) is 6.07 Å². The smallest absolute Gasteiger partial charge is 0.324 e. The van der Waals surface area contributed by atoms with Crippen LogP contribution in [-0.2, 0) is 6.42 Å². The Morgan fingerprint density at radius 3 is 2.67 bits per heavy atom. The van der Waals surface area contributed by atoms with E-state index in [1.54, 1.807) is 0 Å². The number of nitrogens with zero attached hydrogens (tertiary/aromatic N) is 2. The molecule has 1 aromatic rings. The Morgan fingerprint density at radius 1 is 1.39 bits per heavy atom. The number of hydrogen-bond acceptors (Lipinski definition) is 2. The Kier molecular flexibility index (Phi) is 3.45. The van der Waals surface area contributed by atoms with Gasteiger partial charge in [0.25, 0.3) is 0 Å². The zero-order valence-corrected chi connectivity index (χ0v) is 11.4. The molecule has 0 radical (unpaired) electrons. The number of nitrogen functional groups attached to an aromatic ring is 1. The summed E-state index contributed by atoms with van der Waals surface area (Å²) in [5.41, 5.74) is 10.00. The maximum Gasteiger partial charge on any atom is 0.324 e. The summed E-state index contributed by atoms with van der Waals surface area (Å²) in [6.45, 7) is 8.24. The van der Waals surface area contributed by atoms with Gasteiger partial charge in [0, 0.05) is 25.3 Å². The van der Waals surface area contributed by atoms with E-state index in [1.807, 2.05) is 36.6 Å². The van der Waals surface area contributed by atoms with E-state index in [0.29, 0.717) is 0 Å². The number of urea groups is 1. The van der Waals surface area contributed by atoms with Crippen molar-refractivity contribution in [1.29, 1.82) is 0 Å². The molecule has 2 rings (SSSR count). The number of nitrogens with two attached hydrogens (primary N) is 1. The van der Waals surface area contributed by atoms with E-state index in [-0.39, 0.29) is 6.03 Å². The number of carbonyl (C=O) groups is 1. The lowest BCUT2D eigenvalue weighted by atomic mass is 10.1. The molecule has 0 aliphatic carbocycles. The van der Waals surface area contributed by atoms with Crippen LogP contribution in [0, 0.1) is 6.92 Å². The summed E-state index contributed by atoms with van der Waals surface area (Å²) in [7, 11) is 0. The maximum absolute atomic E-state index is 12.4. The molecule has 2 N–H and O–H groups in total. The number of anilines is 2. The zero-order valence-electron chi connectivity index (χ0n) is 11.4. The Labute approximate surface area is 108 Å². The summed E-state index contributed by atoms with van der Waals surface area (Å²) in [5.74, 6) is 0. The van der Waals surface area contributed by atoms with Crippen molar-refractivity contribution >= 4 is 17.4 Å². The second kappa shape index (κ2) is 4.88. The molecule has 0 fully saturated rings. The van der Waals surface area contributed by atoms with Crippen LogP contribution in [0.25, 0.3) is 0 Å². The largest absolute Gasteiger partial charge is 0.398 e.